The first-order valence-corrected chi connectivity index (χ1v) is 13.4. The number of rotatable bonds is 17. The van der Waals surface area contributed by atoms with E-state index in [2.05, 4.69) is 36.1 Å². The van der Waals surface area contributed by atoms with Gasteiger partial charge in [0.25, 0.3) is 10.1 Å². The standard InChI is InChI=1S/C23H42N2O5S/c1-2-3-4-5-6-7-8-9-10-11-12-13-14-23(26)30-21-19-24-15-17-25(18-16-24)20-22-31(27,28)29/h6-7,9-10H,2-5,8,11-22H2,1H3,(H,27,28,29)/b7-6+,10-9-. The molecule has 0 aromatic heterocycles. The fourth-order valence-corrected chi connectivity index (χ4v) is 3.88. The Morgan fingerprint density at radius 3 is 2.06 bits per heavy atom. The summed E-state index contributed by atoms with van der Waals surface area (Å²) in [7, 11) is -3.90. The lowest BCUT2D eigenvalue weighted by Gasteiger charge is -2.34. The van der Waals surface area contributed by atoms with Crippen molar-refractivity contribution in [3.63, 3.8) is 0 Å². The number of hydrogen-bond acceptors (Lipinski definition) is 6. The molecule has 1 fully saturated rings. The lowest BCUT2D eigenvalue weighted by Crippen LogP contribution is -2.48. The van der Waals surface area contributed by atoms with Crippen LogP contribution in [0.1, 0.15) is 64.7 Å². The van der Waals surface area contributed by atoms with Crippen LogP contribution >= 0.6 is 0 Å². The van der Waals surface area contributed by atoms with Gasteiger partial charge in [-0.05, 0) is 38.5 Å². The van der Waals surface area contributed by atoms with Gasteiger partial charge >= 0.3 is 5.97 Å². The van der Waals surface area contributed by atoms with Crippen LogP contribution in [0, 0.1) is 0 Å². The summed E-state index contributed by atoms with van der Waals surface area (Å²) in [6.07, 6.45) is 18.2. The fourth-order valence-electron chi connectivity index (χ4n) is 3.39. The minimum atomic E-state index is -3.90. The second kappa shape index (κ2) is 17.3. The van der Waals surface area contributed by atoms with Crippen molar-refractivity contribution in [2.24, 2.45) is 0 Å². The number of ether oxygens (including phenoxy) is 1. The third-order valence-corrected chi connectivity index (χ3v) is 6.08. The maximum atomic E-state index is 11.8. The van der Waals surface area contributed by atoms with E-state index in [0.29, 0.717) is 26.1 Å². The predicted octanol–water partition coefficient (Wildman–Crippen LogP) is 3.68. The number of carbonyl (C=O) groups is 1. The molecule has 1 aliphatic rings. The average molecular weight is 459 g/mol. The van der Waals surface area contributed by atoms with Crippen molar-refractivity contribution >= 4 is 16.1 Å². The fraction of sp³-hybridized carbons (Fsp3) is 0.783. The molecule has 0 atom stereocenters. The predicted molar refractivity (Wildman–Crippen MR) is 126 cm³/mol. The Morgan fingerprint density at radius 2 is 1.48 bits per heavy atom. The first-order valence-electron chi connectivity index (χ1n) is 11.8. The van der Waals surface area contributed by atoms with Crippen molar-refractivity contribution in [3.05, 3.63) is 24.3 Å². The van der Waals surface area contributed by atoms with E-state index < -0.39 is 10.1 Å². The molecule has 7 nitrogen and oxygen atoms in total. The quantitative estimate of drug-likeness (QED) is 0.154. The molecule has 1 heterocycles. The summed E-state index contributed by atoms with van der Waals surface area (Å²) in [5.41, 5.74) is 0. The molecule has 0 spiro atoms. The lowest BCUT2D eigenvalue weighted by atomic mass is 10.1. The van der Waals surface area contributed by atoms with E-state index in [0.717, 1.165) is 51.9 Å². The van der Waals surface area contributed by atoms with Crippen LogP contribution in [0.25, 0.3) is 0 Å². The van der Waals surface area contributed by atoms with Gasteiger partial charge in [0.2, 0.25) is 0 Å². The molecule has 0 aromatic rings. The highest BCUT2D eigenvalue weighted by Gasteiger charge is 2.18. The first-order chi connectivity index (χ1) is 14.9. The summed E-state index contributed by atoms with van der Waals surface area (Å²) < 4.78 is 35.8. The molecule has 0 bridgehead atoms. The van der Waals surface area contributed by atoms with Crippen molar-refractivity contribution in [2.45, 2.75) is 64.7 Å². The summed E-state index contributed by atoms with van der Waals surface area (Å²) in [6.45, 7) is 6.80. The van der Waals surface area contributed by atoms with Gasteiger partial charge in [-0.2, -0.15) is 8.42 Å². The zero-order valence-electron chi connectivity index (χ0n) is 19.2. The van der Waals surface area contributed by atoms with Gasteiger partial charge in [-0.25, -0.2) is 0 Å². The molecule has 0 unspecified atom stereocenters. The van der Waals surface area contributed by atoms with Crippen LogP contribution in [0.3, 0.4) is 0 Å². The molecule has 1 N–H and O–H groups in total. The van der Waals surface area contributed by atoms with Crippen LogP contribution < -0.4 is 0 Å². The smallest absolute Gasteiger partial charge is 0.305 e. The van der Waals surface area contributed by atoms with Gasteiger partial charge in [-0.15, -0.1) is 0 Å². The normalized spacial score (nSPS) is 16.5. The summed E-state index contributed by atoms with van der Waals surface area (Å²) in [4.78, 5) is 16.1. The highest BCUT2D eigenvalue weighted by molar-refractivity contribution is 7.85. The van der Waals surface area contributed by atoms with E-state index in [1.165, 1.54) is 25.7 Å². The third-order valence-electron chi connectivity index (χ3n) is 5.38. The van der Waals surface area contributed by atoms with Gasteiger partial charge in [0.15, 0.2) is 0 Å². The number of hydrogen-bond donors (Lipinski definition) is 1. The van der Waals surface area contributed by atoms with E-state index in [1.54, 1.807) is 0 Å². The van der Waals surface area contributed by atoms with E-state index >= 15 is 0 Å². The number of nitrogens with zero attached hydrogens (tertiary/aromatic N) is 2. The van der Waals surface area contributed by atoms with Crippen molar-refractivity contribution in [2.75, 3.05) is 51.6 Å². The molecule has 180 valence electrons. The molecular formula is C23H42N2O5S. The number of allylic oxidation sites excluding steroid dienone is 4. The number of piperazine rings is 1. The average Bonchev–Trinajstić information content (AvgIpc) is 2.73. The van der Waals surface area contributed by atoms with Crippen LogP contribution in [-0.2, 0) is 19.6 Å². The van der Waals surface area contributed by atoms with Crippen LogP contribution in [0.15, 0.2) is 24.3 Å². The molecular weight excluding hydrogens is 416 g/mol. The number of unbranched alkanes of at least 4 members (excludes halogenated alkanes) is 5. The van der Waals surface area contributed by atoms with Gasteiger partial charge in [0.05, 0.1) is 5.75 Å². The Labute approximate surface area is 189 Å². The maximum absolute atomic E-state index is 11.8. The molecule has 8 heteroatoms. The molecule has 0 radical (unpaired) electrons. The van der Waals surface area contributed by atoms with Crippen LogP contribution in [0.2, 0.25) is 0 Å². The van der Waals surface area contributed by atoms with E-state index in [-0.39, 0.29) is 11.7 Å². The molecule has 0 aromatic carbocycles. The minimum Gasteiger partial charge on any atom is -0.464 e. The molecule has 31 heavy (non-hydrogen) atoms. The summed E-state index contributed by atoms with van der Waals surface area (Å²) in [5, 5.41) is 0. The zero-order chi connectivity index (χ0) is 22.8. The second-order valence-electron chi connectivity index (χ2n) is 8.11. The zero-order valence-corrected chi connectivity index (χ0v) is 20.0. The van der Waals surface area contributed by atoms with Crippen molar-refractivity contribution in [3.8, 4) is 0 Å². The van der Waals surface area contributed by atoms with E-state index in [9.17, 15) is 13.2 Å². The molecule has 0 saturated carbocycles. The van der Waals surface area contributed by atoms with Gasteiger partial charge in [-0.3, -0.25) is 19.1 Å². The highest BCUT2D eigenvalue weighted by atomic mass is 32.2. The Bertz CT molecular complexity index is 626. The number of carbonyl (C=O) groups excluding carboxylic acids is 1. The molecule has 0 amide bonds. The number of esters is 1. The molecule has 1 aliphatic heterocycles. The SMILES string of the molecule is CCCCC/C=C/C/C=C\CCCCC(=O)OCCN1CCN(CCS(=O)(=O)O)CC1. The maximum Gasteiger partial charge on any atom is 0.305 e. The van der Waals surface area contributed by atoms with Gasteiger partial charge in [-0.1, -0.05) is 44.1 Å². The van der Waals surface area contributed by atoms with Crippen molar-refractivity contribution < 1.29 is 22.5 Å². The largest absolute Gasteiger partial charge is 0.464 e. The third kappa shape index (κ3) is 17.1. The molecule has 1 saturated heterocycles. The van der Waals surface area contributed by atoms with Crippen LogP contribution in [-0.4, -0.2) is 80.4 Å². The minimum absolute atomic E-state index is 0.134. The Kier molecular flexibility index (Phi) is 15.6. The van der Waals surface area contributed by atoms with Crippen LogP contribution in [0.4, 0.5) is 0 Å². The second-order valence-corrected chi connectivity index (χ2v) is 9.68. The molecule has 0 aliphatic carbocycles. The summed E-state index contributed by atoms with van der Waals surface area (Å²) in [6, 6.07) is 0. The first kappa shape index (κ1) is 27.8. The van der Waals surface area contributed by atoms with Crippen molar-refractivity contribution in [1.29, 1.82) is 0 Å². The lowest BCUT2D eigenvalue weighted by molar-refractivity contribution is -0.144. The van der Waals surface area contributed by atoms with Gasteiger partial charge < -0.3 is 4.74 Å². The van der Waals surface area contributed by atoms with Crippen molar-refractivity contribution in [1.82, 2.24) is 9.80 Å². The Morgan fingerprint density at radius 1 is 0.903 bits per heavy atom. The molecule has 1 rings (SSSR count). The Hall–Kier alpha value is -1.22. The van der Waals surface area contributed by atoms with Crippen LogP contribution in [0.5, 0.6) is 0 Å². The topological polar surface area (TPSA) is 87.2 Å². The monoisotopic (exact) mass is 458 g/mol. The summed E-state index contributed by atoms with van der Waals surface area (Å²) >= 11 is 0. The highest BCUT2D eigenvalue weighted by Crippen LogP contribution is 2.05. The van der Waals surface area contributed by atoms with E-state index in [1.807, 2.05) is 4.90 Å². The van der Waals surface area contributed by atoms with Gasteiger partial charge in [0, 0.05) is 45.7 Å². The van der Waals surface area contributed by atoms with E-state index in [4.69, 9.17) is 9.29 Å². The van der Waals surface area contributed by atoms with Gasteiger partial charge in [0.1, 0.15) is 6.61 Å². The summed E-state index contributed by atoms with van der Waals surface area (Å²) in [5.74, 6) is -0.359. The Balaban J connectivity index is 1.95.